The van der Waals surface area contributed by atoms with Gasteiger partial charge in [-0.25, -0.2) is 14.4 Å². The monoisotopic (exact) mass is 595 g/mol. The van der Waals surface area contributed by atoms with Crippen LogP contribution in [-0.2, 0) is 19.0 Å². The number of aliphatic carboxylic acids is 1. The molecule has 0 aliphatic heterocycles. The van der Waals surface area contributed by atoms with Gasteiger partial charge >= 0.3 is 24.2 Å². The molecule has 0 fully saturated rings. The molecule has 11 nitrogen and oxygen atoms in total. The summed E-state index contributed by atoms with van der Waals surface area (Å²) in [5, 5.41) is 14.8. The van der Waals surface area contributed by atoms with Crippen molar-refractivity contribution in [2.24, 2.45) is 0 Å². The van der Waals surface area contributed by atoms with Crippen LogP contribution in [0.2, 0.25) is 0 Å². The lowest BCUT2D eigenvalue weighted by atomic mass is 9.98. The maximum Gasteiger partial charge on any atom is 0.410 e. The number of unbranched alkanes of at least 4 members (excludes halogenated alkanes) is 1. The fourth-order valence-corrected chi connectivity index (χ4v) is 4.89. The maximum absolute atomic E-state index is 13.0. The van der Waals surface area contributed by atoms with Crippen molar-refractivity contribution < 1.29 is 38.5 Å². The molecule has 0 saturated carbocycles. The van der Waals surface area contributed by atoms with E-state index in [1.54, 1.807) is 20.8 Å². The lowest BCUT2D eigenvalue weighted by Crippen LogP contribution is -2.48. The molecule has 3 N–H and O–H groups in total. The lowest BCUT2D eigenvalue weighted by Gasteiger charge is -2.26. The number of benzene rings is 2. The number of hydrogen-bond donors (Lipinski definition) is 3. The second kappa shape index (κ2) is 15.6. The largest absolute Gasteiger partial charge is 0.480 e. The van der Waals surface area contributed by atoms with E-state index in [0.29, 0.717) is 25.8 Å². The van der Waals surface area contributed by atoms with Crippen molar-refractivity contribution in [1.29, 1.82) is 0 Å². The van der Waals surface area contributed by atoms with Crippen molar-refractivity contribution in [2.75, 3.05) is 32.8 Å². The van der Waals surface area contributed by atoms with Crippen LogP contribution in [0.15, 0.2) is 61.2 Å². The zero-order valence-corrected chi connectivity index (χ0v) is 25.0. The number of carboxylic acids is 1. The molecule has 43 heavy (non-hydrogen) atoms. The minimum absolute atomic E-state index is 0.0875. The summed E-state index contributed by atoms with van der Waals surface area (Å²) in [5.41, 5.74) is 3.74. The van der Waals surface area contributed by atoms with Crippen LogP contribution in [0.5, 0.6) is 0 Å². The Labute approximate surface area is 252 Å². The number of carbonyl (C=O) groups is 4. The van der Waals surface area contributed by atoms with E-state index in [0.717, 1.165) is 27.2 Å². The molecule has 1 atom stereocenters. The Morgan fingerprint density at radius 2 is 1.60 bits per heavy atom. The summed E-state index contributed by atoms with van der Waals surface area (Å²) in [6.07, 6.45) is 0.806. The Balaban J connectivity index is 1.63. The normalized spacial score (nSPS) is 12.7. The molecule has 0 heterocycles. The Morgan fingerprint density at radius 1 is 0.977 bits per heavy atom. The topological polar surface area (TPSA) is 144 Å². The molecular weight excluding hydrogens is 554 g/mol. The zero-order valence-electron chi connectivity index (χ0n) is 25.0. The minimum atomic E-state index is -1.22. The Bertz CT molecular complexity index is 1240. The standard InChI is InChI=1S/C32H41N3O8/c1-5-18-41-31(40)35(20-28(36)37)19-22(12-10-11-17-33-29(38)43-32(2,3)4)34-30(39)42-21-27-25-15-8-6-13-23(25)24-14-7-9-16-26(24)27/h5-9,13-16,22,27H,1,10-12,17-21H2,2-4H3,(H,33,38)(H,34,39)(H,36,37)/t22-/m0/s1. The van der Waals surface area contributed by atoms with E-state index >= 15 is 0 Å². The number of carbonyl (C=O) groups excluding carboxylic acids is 3. The van der Waals surface area contributed by atoms with Gasteiger partial charge in [0.25, 0.3) is 0 Å². The molecule has 0 saturated heterocycles. The highest BCUT2D eigenvalue weighted by atomic mass is 16.6. The highest BCUT2D eigenvalue weighted by Gasteiger charge is 2.30. The number of ether oxygens (including phenoxy) is 3. The first-order valence-electron chi connectivity index (χ1n) is 14.3. The molecular formula is C32H41N3O8. The van der Waals surface area contributed by atoms with Crippen molar-refractivity contribution in [1.82, 2.24) is 15.5 Å². The number of rotatable bonds is 14. The summed E-state index contributed by atoms with van der Waals surface area (Å²) in [5.74, 6) is -1.36. The van der Waals surface area contributed by atoms with E-state index in [1.807, 2.05) is 48.5 Å². The van der Waals surface area contributed by atoms with Crippen LogP contribution in [0, 0.1) is 0 Å². The first kappa shape index (κ1) is 33.0. The number of amides is 3. The molecule has 232 valence electrons. The predicted molar refractivity (Wildman–Crippen MR) is 161 cm³/mol. The Hall–Kier alpha value is -4.54. The summed E-state index contributed by atoms with van der Waals surface area (Å²) >= 11 is 0. The van der Waals surface area contributed by atoms with E-state index in [2.05, 4.69) is 17.2 Å². The SMILES string of the molecule is C=CCOC(=O)N(CC(=O)O)C[C@H](CCCCNC(=O)OC(C)(C)C)NC(=O)OCC1c2ccccc2-c2ccccc21. The van der Waals surface area contributed by atoms with Crippen molar-refractivity contribution in [3.8, 4) is 11.1 Å². The number of nitrogens with zero attached hydrogens (tertiary/aromatic N) is 1. The van der Waals surface area contributed by atoms with Gasteiger partial charge in [0.1, 0.15) is 25.4 Å². The summed E-state index contributed by atoms with van der Waals surface area (Å²) < 4.78 is 16.0. The van der Waals surface area contributed by atoms with Gasteiger partial charge in [0.15, 0.2) is 0 Å². The minimum Gasteiger partial charge on any atom is -0.480 e. The van der Waals surface area contributed by atoms with Crippen LogP contribution < -0.4 is 10.6 Å². The van der Waals surface area contributed by atoms with Crippen LogP contribution in [0.3, 0.4) is 0 Å². The van der Waals surface area contributed by atoms with Crippen molar-refractivity contribution in [3.63, 3.8) is 0 Å². The van der Waals surface area contributed by atoms with Gasteiger partial charge in [-0.1, -0.05) is 61.2 Å². The second-order valence-electron chi connectivity index (χ2n) is 11.2. The van der Waals surface area contributed by atoms with Crippen molar-refractivity contribution >= 4 is 24.2 Å². The number of nitrogens with one attached hydrogen (secondary N) is 2. The number of carboxylic acid groups (broad SMARTS) is 1. The summed E-state index contributed by atoms with van der Waals surface area (Å²) in [7, 11) is 0. The molecule has 2 aromatic rings. The summed E-state index contributed by atoms with van der Waals surface area (Å²) in [4.78, 5) is 50.0. The molecule has 0 spiro atoms. The second-order valence-corrected chi connectivity index (χ2v) is 11.2. The smallest absolute Gasteiger partial charge is 0.410 e. The van der Waals surface area contributed by atoms with Crippen LogP contribution in [0.1, 0.15) is 57.1 Å². The van der Waals surface area contributed by atoms with Gasteiger partial charge in [-0.3, -0.25) is 9.69 Å². The van der Waals surface area contributed by atoms with E-state index < -0.39 is 42.4 Å². The lowest BCUT2D eigenvalue weighted by molar-refractivity contribution is -0.138. The van der Waals surface area contributed by atoms with Gasteiger partial charge in [0, 0.05) is 25.0 Å². The molecule has 1 aliphatic rings. The fraction of sp³-hybridized carbons (Fsp3) is 0.438. The van der Waals surface area contributed by atoms with Gasteiger partial charge in [0.05, 0.1) is 0 Å². The molecule has 0 unspecified atom stereocenters. The van der Waals surface area contributed by atoms with Crippen molar-refractivity contribution in [3.05, 3.63) is 72.3 Å². The van der Waals surface area contributed by atoms with Gasteiger partial charge in [-0.2, -0.15) is 0 Å². The van der Waals surface area contributed by atoms with Gasteiger partial charge in [0.2, 0.25) is 0 Å². The molecule has 3 rings (SSSR count). The third kappa shape index (κ3) is 10.4. The quantitative estimate of drug-likeness (QED) is 0.152. The van der Waals surface area contributed by atoms with Gasteiger partial charge in [-0.15, -0.1) is 0 Å². The number of hydrogen-bond acceptors (Lipinski definition) is 7. The highest BCUT2D eigenvalue weighted by Crippen LogP contribution is 2.44. The van der Waals surface area contributed by atoms with E-state index in [-0.39, 0.29) is 25.7 Å². The first-order chi connectivity index (χ1) is 20.5. The number of fused-ring (bicyclic) bond motifs is 3. The Kier molecular flexibility index (Phi) is 12.0. The first-order valence-corrected chi connectivity index (χ1v) is 14.3. The predicted octanol–water partition coefficient (Wildman–Crippen LogP) is 5.30. The van der Waals surface area contributed by atoms with Gasteiger partial charge in [-0.05, 0) is 62.3 Å². The van der Waals surface area contributed by atoms with Gasteiger partial charge < -0.3 is 30.0 Å². The number of alkyl carbamates (subject to hydrolysis) is 2. The van der Waals surface area contributed by atoms with Crippen LogP contribution >= 0.6 is 0 Å². The van der Waals surface area contributed by atoms with E-state index in [1.165, 1.54) is 6.08 Å². The summed E-state index contributed by atoms with van der Waals surface area (Å²) in [6.45, 7) is 8.44. The zero-order chi connectivity index (χ0) is 31.4. The van der Waals surface area contributed by atoms with Crippen molar-refractivity contribution in [2.45, 2.75) is 57.6 Å². The highest BCUT2D eigenvalue weighted by molar-refractivity contribution is 5.79. The molecule has 3 amide bonds. The third-order valence-electron chi connectivity index (χ3n) is 6.66. The average molecular weight is 596 g/mol. The molecule has 1 aliphatic carbocycles. The molecule has 2 aromatic carbocycles. The fourth-order valence-electron chi connectivity index (χ4n) is 4.89. The van der Waals surface area contributed by atoms with Crippen LogP contribution in [0.25, 0.3) is 11.1 Å². The molecule has 0 bridgehead atoms. The maximum atomic E-state index is 13.0. The van der Waals surface area contributed by atoms with Crippen LogP contribution in [-0.4, -0.2) is 78.7 Å². The third-order valence-corrected chi connectivity index (χ3v) is 6.66. The molecule has 0 aromatic heterocycles. The van der Waals surface area contributed by atoms with E-state index in [4.69, 9.17) is 14.2 Å². The average Bonchev–Trinajstić information content (AvgIpc) is 3.26. The summed E-state index contributed by atoms with van der Waals surface area (Å²) in [6, 6.07) is 15.3. The Morgan fingerprint density at radius 3 is 2.19 bits per heavy atom. The molecule has 0 radical (unpaired) electrons. The van der Waals surface area contributed by atoms with E-state index in [9.17, 15) is 24.3 Å². The van der Waals surface area contributed by atoms with Crippen LogP contribution in [0.4, 0.5) is 14.4 Å². The molecule has 11 heteroatoms.